The maximum absolute atomic E-state index is 12.2. The highest BCUT2D eigenvalue weighted by molar-refractivity contribution is 7.92. The zero-order chi connectivity index (χ0) is 13.9. The van der Waals surface area contributed by atoms with Crippen molar-refractivity contribution in [3.63, 3.8) is 0 Å². The lowest BCUT2D eigenvalue weighted by molar-refractivity contribution is 0.359. The predicted molar refractivity (Wildman–Crippen MR) is 78.7 cm³/mol. The Morgan fingerprint density at radius 1 is 1.21 bits per heavy atom. The van der Waals surface area contributed by atoms with Crippen molar-refractivity contribution < 1.29 is 8.42 Å². The van der Waals surface area contributed by atoms with Crippen LogP contribution in [0.4, 0.5) is 11.4 Å². The first-order chi connectivity index (χ1) is 8.99. The minimum atomic E-state index is -3.26. The minimum Gasteiger partial charge on any atom is -0.399 e. The van der Waals surface area contributed by atoms with E-state index in [0.717, 1.165) is 13.1 Å². The third kappa shape index (κ3) is 3.61. The van der Waals surface area contributed by atoms with Gasteiger partial charge in [-0.2, -0.15) is 0 Å². The van der Waals surface area contributed by atoms with E-state index in [1.807, 2.05) is 0 Å². The van der Waals surface area contributed by atoms with Crippen molar-refractivity contribution in [3.05, 3.63) is 24.3 Å². The third-order valence-corrected chi connectivity index (χ3v) is 5.28. The molecule has 106 valence electrons. The minimum absolute atomic E-state index is 0.161. The largest absolute Gasteiger partial charge is 0.399 e. The Hall–Kier alpha value is -1.27. The number of nitrogens with zero attached hydrogens (tertiary/aromatic N) is 2. The van der Waals surface area contributed by atoms with Crippen LogP contribution in [-0.4, -0.2) is 45.8 Å². The summed E-state index contributed by atoms with van der Waals surface area (Å²) in [5.74, 6) is 0.161. The molecule has 1 fully saturated rings. The van der Waals surface area contributed by atoms with Gasteiger partial charge >= 0.3 is 0 Å². The summed E-state index contributed by atoms with van der Waals surface area (Å²) >= 11 is 0. The summed E-state index contributed by atoms with van der Waals surface area (Å²) in [6.07, 6.45) is 2.35. The van der Waals surface area contributed by atoms with E-state index in [-0.39, 0.29) is 5.75 Å². The smallest absolute Gasteiger partial charge is 0.236 e. The van der Waals surface area contributed by atoms with E-state index in [0.29, 0.717) is 17.9 Å². The zero-order valence-electron chi connectivity index (χ0n) is 11.2. The van der Waals surface area contributed by atoms with Crippen LogP contribution in [0.3, 0.4) is 0 Å². The number of sulfonamides is 1. The van der Waals surface area contributed by atoms with Gasteiger partial charge in [0.25, 0.3) is 0 Å². The van der Waals surface area contributed by atoms with Gasteiger partial charge in [0, 0.05) is 19.3 Å². The van der Waals surface area contributed by atoms with Gasteiger partial charge in [-0.25, -0.2) is 8.42 Å². The summed E-state index contributed by atoms with van der Waals surface area (Å²) < 4.78 is 25.8. The van der Waals surface area contributed by atoms with E-state index < -0.39 is 10.0 Å². The number of hydrogen-bond donors (Lipinski definition) is 1. The second-order valence-electron chi connectivity index (χ2n) is 4.92. The first-order valence-electron chi connectivity index (χ1n) is 6.53. The van der Waals surface area contributed by atoms with Crippen molar-refractivity contribution in [2.75, 3.05) is 42.5 Å². The summed E-state index contributed by atoms with van der Waals surface area (Å²) in [6.45, 7) is 2.64. The SMILES string of the molecule is CN(c1ccc(N)cc1)S(=O)(=O)CCN1CCCC1. The van der Waals surface area contributed by atoms with Crippen LogP contribution >= 0.6 is 0 Å². The number of benzene rings is 1. The second kappa shape index (κ2) is 5.79. The zero-order valence-corrected chi connectivity index (χ0v) is 12.1. The van der Waals surface area contributed by atoms with Crippen LogP contribution in [0.5, 0.6) is 0 Å². The average molecular weight is 283 g/mol. The Bertz CT molecular complexity index is 507. The summed E-state index contributed by atoms with van der Waals surface area (Å²) in [4.78, 5) is 2.20. The van der Waals surface area contributed by atoms with Crippen molar-refractivity contribution >= 4 is 21.4 Å². The molecule has 0 aromatic heterocycles. The van der Waals surface area contributed by atoms with Gasteiger partial charge in [-0.3, -0.25) is 4.31 Å². The van der Waals surface area contributed by atoms with Crippen molar-refractivity contribution in [1.29, 1.82) is 0 Å². The lowest BCUT2D eigenvalue weighted by Gasteiger charge is -2.21. The van der Waals surface area contributed by atoms with Crippen LogP contribution in [0.1, 0.15) is 12.8 Å². The van der Waals surface area contributed by atoms with Gasteiger partial charge in [0.05, 0.1) is 11.4 Å². The summed E-state index contributed by atoms with van der Waals surface area (Å²) in [5, 5.41) is 0. The molecule has 0 radical (unpaired) electrons. The molecule has 0 spiro atoms. The molecule has 0 aliphatic carbocycles. The van der Waals surface area contributed by atoms with Crippen molar-refractivity contribution in [3.8, 4) is 0 Å². The van der Waals surface area contributed by atoms with Crippen LogP contribution < -0.4 is 10.0 Å². The molecule has 19 heavy (non-hydrogen) atoms. The Morgan fingerprint density at radius 2 is 1.79 bits per heavy atom. The Balaban J connectivity index is 1.99. The fourth-order valence-electron chi connectivity index (χ4n) is 2.23. The molecule has 0 amide bonds. The van der Waals surface area contributed by atoms with Crippen molar-refractivity contribution in [2.45, 2.75) is 12.8 Å². The van der Waals surface area contributed by atoms with Crippen LogP contribution in [0.2, 0.25) is 0 Å². The lowest BCUT2D eigenvalue weighted by Crippen LogP contribution is -2.34. The number of nitrogen functional groups attached to an aromatic ring is 1. The Labute approximate surface area is 115 Å². The Kier molecular flexibility index (Phi) is 4.31. The van der Waals surface area contributed by atoms with E-state index in [1.165, 1.54) is 17.1 Å². The maximum Gasteiger partial charge on any atom is 0.236 e. The van der Waals surface area contributed by atoms with E-state index in [1.54, 1.807) is 31.3 Å². The quantitative estimate of drug-likeness (QED) is 0.823. The highest BCUT2D eigenvalue weighted by atomic mass is 32.2. The highest BCUT2D eigenvalue weighted by Crippen LogP contribution is 2.18. The topological polar surface area (TPSA) is 66.6 Å². The summed E-state index contributed by atoms with van der Waals surface area (Å²) in [7, 11) is -1.67. The van der Waals surface area contributed by atoms with E-state index in [2.05, 4.69) is 4.90 Å². The van der Waals surface area contributed by atoms with Gasteiger partial charge in [0.2, 0.25) is 10.0 Å². The number of rotatable bonds is 5. The monoisotopic (exact) mass is 283 g/mol. The van der Waals surface area contributed by atoms with Gasteiger partial charge in [-0.05, 0) is 50.2 Å². The van der Waals surface area contributed by atoms with Gasteiger partial charge < -0.3 is 10.6 Å². The van der Waals surface area contributed by atoms with Gasteiger partial charge in [0.15, 0.2) is 0 Å². The molecule has 1 aromatic carbocycles. The maximum atomic E-state index is 12.2. The number of anilines is 2. The number of likely N-dealkylation sites (tertiary alicyclic amines) is 1. The summed E-state index contributed by atoms with van der Waals surface area (Å²) in [5.41, 5.74) is 6.88. The van der Waals surface area contributed by atoms with Gasteiger partial charge in [-0.15, -0.1) is 0 Å². The van der Waals surface area contributed by atoms with Crippen molar-refractivity contribution in [2.24, 2.45) is 0 Å². The molecule has 0 saturated carbocycles. The first-order valence-corrected chi connectivity index (χ1v) is 8.14. The fourth-order valence-corrected chi connectivity index (χ4v) is 3.44. The molecule has 6 heteroatoms. The molecule has 2 rings (SSSR count). The molecule has 1 aromatic rings. The van der Waals surface area contributed by atoms with E-state index >= 15 is 0 Å². The van der Waals surface area contributed by atoms with Crippen molar-refractivity contribution in [1.82, 2.24) is 4.90 Å². The molecule has 5 nitrogen and oxygen atoms in total. The van der Waals surface area contributed by atoms with Crippen LogP contribution in [0, 0.1) is 0 Å². The third-order valence-electron chi connectivity index (χ3n) is 3.54. The molecule has 1 saturated heterocycles. The molecule has 2 N–H and O–H groups in total. The predicted octanol–water partition coefficient (Wildman–Crippen LogP) is 1.13. The molecule has 1 aliphatic heterocycles. The van der Waals surface area contributed by atoms with E-state index in [9.17, 15) is 8.42 Å². The number of hydrogen-bond acceptors (Lipinski definition) is 4. The highest BCUT2D eigenvalue weighted by Gasteiger charge is 2.21. The second-order valence-corrected chi connectivity index (χ2v) is 7.04. The molecule has 0 bridgehead atoms. The molecule has 0 atom stereocenters. The normalized spacial score (nSPS) is 16.7. The molecule has 0 unspecified atom stereocenters. The fraction of sp³-hybridized carbons (Fsp3) is 0.538. The van der Waals surface area contributed by atoms with Crippen LogP contribution in [0.15, 0.2) is 24.3 Å². The lowest BCUT2D eigenvalue weighted by atomic mass is 10.3. The first kappa shape index (κ1) is 14.1. The Morgan fingerprint density at radius 3 is 2.37 bits per heavy atom. The van der Waals surface area contributed by atoms with Crippen LogP contribution in [-0.2, 0) is 10.0 Å². The van der Waals surface area contributed by atoms with Gasteiger partial charge in [-0.1, -0.05) is 0 Å². The standard InChI is InChI=1S/C13H21N3O2S/c1-15(13-6-4-12(14)5-7-13)19(17,18)11-10-16-8-2-3-9-16/h4-7H,2-3,8-11,14H2,1H3. The van der Waals surface area contributed by atoms with E-state index in [4.69, 9.17) is 5.73 Å². The summed E-state index contributed by atoms with van der Waals surface area (Å²) in [6, 6.07) is 6.87. The van der Waals surface area contributed by atoms with Gasteiger partial charge in [0.1, 0.15) is 0 Å². The molecule has 1 heterocycles. The number of nitrogens with two attached hydrogens (primary N) is 1. The van der Waals surface area contributed by atoms with Crippen LogP contribution in [0.25, 0.3) is 0 Å². The molecular weight excluding hydrogens is 262 g/mol. The average Bonchev–Trinajstić information content (AvgIpc) is 2.90. The molecular formula is C13H21N3O2S. The molecule has 1 aliphatic rings.